The molecule has 1 aromatic heterocycles. The van der Waals surface area contributed by atoms with Crippen molar-refractivity contribution in [2.75, 3.05) is 0 Å². The molecule has 0 fully saturated rings. The summed E-state index contributed by atoms with van der Waals surface area (Å²) in [5.41, 5.74) is 0.832. The first-order valence-corrected chi connectivity index (χ1v) is 6.35. The maximum atomic E-state index is 13.5. The van der Waals surface area contributed by atoms with Crippen LogP contribution in [0.2, 0.25) is 0 Å². The average molecular weight is 282 g/mol. The highest BCUT2D eigenvalue weighted by Gasteiger charge is 2.14. The molecule has 0 saturated carbocycles. The molecule has 1 heterocycles. The first-order valence-electron chi connectivity index (χ1n) is 6.35. The summed E-state index contributed by atoms with van der Waals surface area (Å²) in [5.74, 6) is -0.520. The second kappa shape index (κ2) is 5.62. The Labute approximate surface area is 120 Å². The molecule has 0 aliphatic rings. The van der Waals surface area contributed by atoms with Crippen molar-refractivity contribution in [1.82, 2.24) is 20.2 Å². The number of aromatic nitrogens is 4. The number of nitrogens with zero attached hydrogens (tertiary/aromatic N) is 4. The molecular weight excluding hydrogens is 271 g/mol. The standard InChI is InChI=1S/C15H11FN4O/c16-13-9-5-4-8-12(13)14(21)10-20-18-15(17-19-20)11-6-2-1-3-7-11/h1-9H,10H2. The number of carbonyl (C=O) groups is 1. The van der Waals surface area contributed by atoms with Crippen LogP contribution in [0, 0.1) is 5.82 Å². The zero-order chi connectivity index (χ0) is 14.7. The fraction of sp³-hybridized carbons (Fsp3) is 0.0667. The van der Waals surface area contributed by atoms with Gasteiger partial charge in [0.05, 0.1) is 5.56 Å². The second-order valence-corrected chi connectivity index (χ2v) is 4.41. The van der Waals surface area contributed by atoms with Crippen molar-refractivity contribution >= 4 is 5.78 Å². The van der Waals surface area contributed by atoms with Gasteiger partial charge in [-0.1, -0.05) is 42.5 Å². The van der Waals surface area contributed by atoms with E-state index in [2.05, 4.69) is 15.4 Å². The quantitative estimate of drug-likeness (QED) is 0.689. The summed E-state index contributed by atoms with van der Waals surface area (Å²) in [5, 5.41) is 11.8. The number of benzene rings is 2. The largest absolute Gasteiger partial charge is 0.292 e. The van der Waals surface area contributed by atoms with E-state index in [1.807, 2.05) is 30.3 Å². The molecule has 21 heavy (non-hydrogen) atoms. The van der Waals surface area contributed by atoms with Gasteiger partial charge in [0.1, 0.15) is 12.4 Å². The van der Waals surface area contributed by atoms with E-state index in [0.29, 0.717) is 5.82 Å². The van der Waals surface area contributed by atoms with Gasteiger partial charge < -0.3 is 0 Å². The maximum Gasteiger partial charge on any atom is 0.204 e. The lowest BCUT2D eigenvalue weighted by Crippen LogP contribution is -2.14. The van der Waals surface area contributed by atoms with Crippen LogP contribution in [0.1, 0.15) is 10.4 Å². The van der Waals surface area contributed by atoms with E-state index in [-0.39, 0.29) is 12.1 Å². The van der Waals surface area contributed by atoms with Gasteiger partial charge in [-0.2, -0.15) is 4.80 Å². The average Bonchev–Trinajstić information content (AvgIpc) is 2.97. The number of carbonyl (C=O) groups excluding carboxylic acids is 1. The molecule has 0 atom stereocenters. The van der Waals surface area contributed by atoms with Gasteiger partial charge in [0.2, 0.25) is 5.82 Å². The number of hydrogen-bond donors (Lipinski definition) is 0. The van der Waals surface area contributed by atoms with Gasteiger partial charge in [0, 0.05) is 5.56 Å². The molecule has 3 rings (SSSR count). The summed E-state index contributed by atoms with van der Waals surface area (Å²) >= 11 is 0. The third-order valence-corrected chi connectivity index (χ3v) is 2.94. The van der Waals surface area contributed by atoms with Gasteiger partial charge in [0.15, 0.2) is 5.78 Å². The Kier molecular flexibility index (Phi) is 3.51. The molecule has 0 saturated heterocycles. The van der Waals surface area contributed by atoms with E-state index in [0.717, 1.165) is 10.4 Å². The van der Waals surface area contributed by atoms with E-state index in [4.69, 9.17) is 0 Å². The lowest BCUT2D eigenvalue weighted by molar-refractivity contribution is 0.0957. The molecule has 3 aromatic rings. The number of Topliss-reactive ketones (excluding diaryl/α,β-unsaturated/α-hetero) is 1. The van der Waals surface area contributed by atoms with Crippen LogP contribution in [0.25, 0.3) is 11.4 Å². The smallest absolute Gasteiger partial charge is 0.204 e. The predicted octanol–water partition coefficient (Wildman–Crippen LogP) is 2.36. The van der Waals surface area contributed by atoms with Crippen molar-refractivity contribution in [3.63, 3.8) is 0 Å². The second-order valence-electron chi connectivity index (χ2n) is 4.41. The Morgan fingerprint density at radius 1 is 1.05 bits per heavy atom. The molecule has 6 heteroatoms. The Morgan fingerprint density at radius 2 is 1.76 bits per heavy atom. The Morgan fingerprint density at radius 3 is 2.52 bits per heavy atom. The molecule has 0 amide bonds. The minimum Gasteiger partial charge on any atom is -0.292 e. The highest BCUT2D eigenvalue weighted by molar-refractivity contribution is 5.96. The van der Waals surface area contributed by atoms with Gasteiger partial charge in [-0.25, -0.2) is 4.39 Å². The van der Waals surface area contributed by atoms with Crippen LogP contribution in [0.3, 0.4) is 0 Å². The highest BCUT2D eigenvalue weighted by atomic mass is 19.1. The molecule has 0 aliphatic carbocycles. The normalized spacial score (nSPS) is 10.5. The van der Waals surface area contributed by atoms with Gasteiger partial charge in [-0.05, 0) is 17.3 Å². The Hall–Kier alpha value is -2.89. The zero-order valence-corrected chi connectivity index (χ0v) is 11.0. The lowest BCUT2D eigenvalue weighted by atomic mass is 10.1. The van der Waals surface area contributed by atoms with Crippen LogP contribution in [0.4, 0.5) is 4.39 Å². The summed E-state index contributed by atoms with van der Waals surface area (Å²) < 4.78 is 13.5. The van der Waals surface area contributed by atoms with Crippen LogP contribution >= 0.6 is 0 Å². The fourth-order valence-corrected chi connectivity index (χ4v) is 1.91. The number of ketones is 1. The van der Waals surface area contributed by atoms with Crippen LogP contribution in [0.15, 0.2) is 54.6 Å². The molecule has 0 aliphatic heterocycles. The monoisotopic (exact) mass is 282 g/mol. The topological polar surface area (TPSA) is 60.7 Å². The van der Waals surface area contributed by atoms with E-state index in [9.17, 15) is 9.18 Å². The zero-order valence-electron chi connectivity index (χ0n) is 11.0. The molecule has 5 nitrogen and oxygen atoms in total. The molecule has 0 bridgehead atoms. The van der Waals surface area contributed by atoms with Crippen molar-refractivity contribution in [3.05, 3.63) is 66.0 Å². The summed E-state index contributed by atoms with van der Waals surface area (Å²) in [6.45, 7) is -0.152. The van der Waals surface area contributed by atoms with Gasteiger partial charge >= 0.3 is 0 Å². The van der Waals surface area contributed by atoms with Crippen molar-refractivity contribution in [2.24, 2.45) is 0 Å². The van der Waals surface area contributed by atoms with Crippen molar-refractivity contribution in [2.45, 2.75) is 6.54 Å². The van der Waals surface area contributed by atoms with E-state index in [1.165, 1.54) is 18.2 Å². The molecule has 104 valence electrons. The van der Waals surface area contributed by atoms with Crippen molar-refractivity contribution in [1.29, 1.82) is 0 Å². The van der Waals surface area contributed by atoms with Crippen LogP contribution in [-0.2, 0) is 6.54 Å². The molecule has 0 radical (unpaired) electrons. The summed E-state index contributed by atoms with van der Waals surface area (Å²) in [6.07, 6.45) is 0. The first kappa shape index (κ1) is 13.1. The Balaban J connectivity index is 1.79. The van der Waals surface area contributed by atoms with Crippen molar-refractivity contribution < 1.29 is 9.18 Å². The van der Waals surface area contributed by atoms with E-state index < -0.39 is 11.6 Å². The third kappa shape index (κ3) is 2.84. The number of hydrogen-bond acceptors (Lipinski definition) is 4. The van der Waals surface area contributed by atoms with Gasteiger partial charge in [-0.15, -0.1) is 10.2 Å². The lowest BCUT2D eigenvalue weighted by Gasteiger charge is -2.00. The van der Waals surface area contributed by atoms with Crippen molar-refractivity contribution in [3.8, 4) is 11.4 Å². The number of halogens is 1. The van der Waals surface area contributed by atoms with Crippen LogP contribution < -0.4 is 0 Å². The minimum atomic E-state index is -0.550. The summed E-state index contributed by atoms with van der Waals surface area (Å²) in [7, 11) is 0. The van der Waals surface area contributed by atoms with E-state index >= 15 is 0 Å². The van der Waals surface area contributed by atoms with Gasteiger partial charge in [-0.3, -0.25) is 4.79 Å². The third-order valence-electron chi connectivity index (χ3n) is 2.94. The summed E-state index contributed by atoms with van der Waals surface area (Å²) in [6, 6.07) is 15.1. The van der Waals surface area contributed by atoms with Crippen LogP contribution in [-0.4, -0.2) is 26.0 Å². The minimum absolute atomic E-state index is 0.0241. The van der Waals surface area contributed by atoms with Gasteiger partial charge in [0.25, 0.3) is 0 Å². The molecule has 0 spiro atoms. The molecule has 0 unspecified atom stereocenters. The maximum absolute atomic E-state index is 13.5. The number of rotatable bonds is 4. The highest BCUT2D eigenvalue weighted by Crippen LogP contribution is 2.12. The van der Waals surface area contributed by atoms with E-state index in [1.54, 1.807) is 6.07 Å². The molecule has 0 N–H and O–H groups in total. The number of tetrazole rings is 1. The summed E-state index contributed by atoms with van der Waals surface area (Å²) in [4.78, 5) is 13.2. The first-order chi connectivity index (χ1) is 10.2. The predicted molar refractivity (Wildman–Crippen MR) is 74.0 cm³/mol. The van der Waals surface area contributed by atoms with Crippen LogP contribution in [0.5, 0.6) is 0 Å². The SMILES string of the molecule is O=C(Cn1nnc(-c2ccccc2)n1)c1ccccc1F. The fourth-order valence-electron chi connectivity index (χ4n) is 1.91. The molecule has 2 aromatic carbocycles. The Bertz CT molecular complexity index is 770. The molecular formula is C15H11FN4O.